The zero-order valence-electron chi connectivity index (χ0n) is 10.7. The van der Waals surface area contributed by atoms with Crippen molar-refractivity contribution in [1.29, 1.82) is 0 Å². The molecule has 1 aliphatic rings. The minimum absolute atomic E-state index is 0.845. The van der Waals surface area contributed by atoms with Gasteiger partial charge >= 0.3 is 0 Å². The zero-order valence-corrected chi connectivity index (χ0v) is 10.7. The predicted molar refractivity (Wildman–Crippen MR) is 77.3 cm³/mol. The van der Waals surface area contributed by atoms with Crippen molar-refractivity contribution in [1.82, 2.24) is 4.98 Å². The largest absolute Gasteiger partial charge is 0.443 e. The van der Waals surface area contributed by atoms with Gasteiger partial charge in [-0.2, -0.15) is 0 Å². The molecule has 2 heterocycles. The van der Waals surface area contributed by atoms with E-state index in [1.807, 2.05) is 24.3 Å². The number of nitrogens with zero attached hydrogens (tertiary/aromatic N) is 1. The molecular formula is C16H16N2O. The van der Waals surface area contributed by atoms with E-state index in [0.29, 0.717) is 0 Å². The molecule has 4 rings (SSSR count). The first-order valence-corrected chi connectivity index (χ1v) is 6.53. The average molecular weight is 252 g/mol. The molecule has 1 aromatic heterocycles. The molecule has 96 valence electrons. The zero-order chi connectivity index (χ0) is 12.9. The van der Waals surface area contributed by atoms with Gasteiger partial charge in [0.25, 0.3) is 0 Å². The quantitative estimate of drug-likeness (QED) is 0.660. The first kappa shape index (κ1) is 11.8. The summed E-state index contributed by atoms with van der Waals surface area (Å²) >= 11 is 0. The highest BCUT2D eigenvalue weighted by atomic mass is 16.3. The lowest BCUT2D eigenvalue weighted by Crippen LogP contribution is -2.10. The molecule has 0 radical (unpaired) electrons. The minimum atomic E-state index is 0.845. The maximum Gasteiger partial charge on any atom is 0.181 e. The average Bonchev–Trinajstić information content (AvgIpc) is 2.96. The van der Waals surface area contributed by atoms with Gasteiger partial charge < -0.3 is 9.73 Å². The number of aryl methyl sites for hydroxylation is 1. The molecule has 0 unspecified atom stereocenters. The second-order valence-corrected chi connectivity index (χ2v) is 4.51. The maximum atomic E-state index is 5.01. The van der Waals surface area contributed by atoms with Crippen LogP contribution in [-0.2, 0) is 6.42 Å². The Labute approximate surface area is 112 Å². The van der Waals surface area contributed by atoms with Gasteiger partial charge in [-0.05, 0) is 36.6 Å². The summed E-state index contributed by atoms with van der Waals surface area (Å²) in [6.07, 6.45) is 3.96. The van der Waals surface area contributed by atoms with E-state index in [4.69, 9.17) is 4.42 Å². The summed E-state index contributed by atoms with van der Waals surface area (Å²) in [5.74, 6) is 0. The van der Waals surface area contributed by atoms with Crippen LogP contribution >= 0.6 is 0 Å². The van der Waals surface area contributed by atoms with Crippen LogP contribution in [-0.4, -0.2) is 11.5 Å². The third-order valence-electron chi connectivity index (χ3n) is 3.19. The molecule has 0 saturated carbocycles. The number of hydrogen-bond acceptors (Lipinski definition) is 3. The van der Waals surface area contributed by atoms with E-state index >= 15 is 0 Å². The first-order chi connectivity index (χ1) is 9.43. The Morgan fingerprint density at radius 1 is 1.00 bits per heavy atom. The molecule has 3 aromatic rings. The molecule has 0 bridgehead atoms. The van der Waals surface area contributed by atoms with Crippen LogP contribution in [0.15, 0.2) is 59.3 Å². The molecule has 0 fully saturated rings. The molecule has 1 N–H and O–H groups in total. The van der Waals surface area contributed by atoms with Crippen LogP contribution in [0.5, 0.6) is 0 Å². The Kier molecular flexibility index (Phi) is 3.45. The fourth-order valence-corrected chi connectivity index (χ4v) is 2.22. The summed E-state index contributed by atoms with van der Waals surface area (Å²) in [6.45, 7) is 1.14. The van der Waals surface area contributed by atoms with Crippen molar-refractivity contribution in [2.45, 2.75) is 12.8 Å². The summed E-state index contributed by atoms with van der Waals surface area (Å²) in [5, 5.41) is 3.36. The van der Waals surface area contributed by atoms with E-state index in [-0.39, 0.29) is 0 Å². The van der Waals surface area contributed by atoms with Crippen LogP contribution < -0.4 is 5.32 Å². The first-order valence-electron chi connectivity index (χ1n) is 6.53. The Hall–Kier alpha value is -2.29. The fraction of sp³-hybridized carbons (Fsp3) is 0.188. The van der Waals surface area contributed by atoms with Gasteiger partial charge in [-0.25, -0.2) is 4.98 Å². The highest BCUT2D eigenvalue weighted by Gasteiger charge is 2.04. The summed E-state index contributed by atoms with van der Waals surface area (Å²) in [6, 6.07) is 16.2. The van der Waals surface area contributed by atoms with Crippen molar-refractivity contribution in [2.24, 2.45) is 0 Å². The summed E-state index contributed by atoms with van der Waals surface area (Å²) in [4.78, 5) is 3.95. The van der Waals surface area contributed by atoms with E-state index in [9.17, 15) is 0 Å². The van der Waals surface area contributed by atoms with E-state index in [2.05, 4.69) is 34.6 Å². The van der Waals surface area contributed by atoms with Crippen molar-refractivity contribution < 1.29 is 4.42 Å². The molecule has 3 heteroatoms. The standard InChI is InChI=1S/C9H11N.C7H5NO/c1-2-6-9-8(4-1)5-3-7-10-9;1-2-4-7-6(3-1)8-5-9-7/h1-2,4,6,10H,3,5,7H2;1-5H. The summed E-state index contributed by atoms with van der Waals surface area (Å²) in [5.41, 5.74) is 4.55. The van der Waals surface area contributed by atoms with Gasteiger partial charge in [0.2, 0.25) is 0 Å². The number of benzene rings is 2. The highest BCUT2D eigenvalue weighted by Crippen LogP contribution is 2.20. The fourth-order valence-electron chi connectivity index (χ4n) is 2.22. The summed E-state index contributed by atoms with van der Waals surface area (Å²) < 4.78 is 5.01. The molecule has 2 aromatic carbocycles. The topological polar surface area (TPSA) is 38.1 Å². The number of aromatic nitrogens is 1. The van der Waals surface area contributed by atoms with Crippen LogP contribution in [0.25, 0.3) is 11.1 Å². The smallest absolute Gasteiger partial charge is 0.181 e. The molecule has 0 saturated heterocycles. The van der Waals surface area contributed by atoms with Gasteiger partial charge in [-0.15, -0.1) is 0 Å². The molecule has 0 spiro atoms. The number of nitrogens with one attached hydrogen (secondary N) is 1. The second kappa shape index (κ2) is 5.57. The molecule has 3 nitrogen and oxygen atoms in total. The minimum Gasteiger partial charge on any atom is -0.443 e. The lowest BCUT2D eigenvalue weighted by molar-refractivity contribution is 0.602. The van der Waals surface area contributed by atoms with Gasteiger partial charge in [-0.1, -0.05) is 30.3 Å². The molecule has 1 aliphatic heterocycles. The van der Waals surface area contributed by atoms with Crippen LogP contribution in [0.3, 0.4) is 0 Å². The van der Waals surface area contributed by atoms with Gasteiger partial charge in [0.1, 0.15) is 5.52 Å². The number of rotatable bonds is 0. The molecule has 19 heavy (non-hydrogen) atoms. The SMILES string of the molecule is c1ccc2c(c1)CCCN2.c1ccc2ocnc2c1. The Morgan fingerprint density at radius 2 is 1.84 bits per heavy atom. The van der Waals surface area contributed by atoms with Gasteiger partial charge in [0, 0.05) is 12.2 Å². The molecule has 0 atom stereocenters. The van der Waals surface area contributed by atoms with Crippen LogP contribution in [0.4, 0.5) is 5.69 Å². The van der Waals surface area contributed by atoms with E-state index in [1.54, 1.807) is 0 Å². The van der Waals surface area contributed by atoms with Crippen LogP contribution in [0.2, 0.25) is 0 Å². The van der Waals surface area contributed by atoms with Crippen molar-refractivity contribution >= 4 is 16.8 Å². The number of oxazole rings is 1. The van der Waals surface area contributed by atoms with Gasteiger partial charge in [-0.3, -0.25) is 0 Å². The lowest BCUT2D eigenvalue weighted by Gasteiger charge is -2.16. The molecule has 0 amide bonds. The van der Waals surface area contributed by atoms with Crippen molar-refractivity contribution in [2.75, 3.05) is 11.9 Å². The summed E-state index contributed by atoms with van der Waals surface area (Å²) in [7, 11) is 0. The normalized spacial score (nSPS) is 13.1. The Balaban J connectivity index is 0.000000117. The lowest BCUT2D eigenvalue weighted by atomic mass is 10.0. The number of para-hydroxylation sites is 3. The van der Waals surface area contributed by atoms with Crippen molar-refractivity contribution in [3.63, 3.8) is 0 Å². The molecular weight excluding hydrogens is 236 g/mol. The van der Waals surface area contributed by atoms with E-state index in [0.717, 1.165) is 17.6 Å². The van der Waals surface area contributed by atoms with Crippen LogP contribution in [0, 0.1) is 0 Å². The van der Waals surface area contributed by atoms with E-state index < -0.39 is 0 Å². The van der Waals surface area contributed by atoms with Crippen LogP contribution in [0.1, 0.15) is 12.0 Å². The molecule has 0 aliphatic carbocycles. The van der Waals surface area contributed by atoms with Gasteiger partial charge in [0.05, 0.1) is 0 Å². The monoisotopic (exact) mass is 252 g/mol. The Bertz CT molecular complexity index is 605. The second-order valence-electron chi connectivity index (χ2n) is 4.51. The van der Waals surface area contributed by atoms with Crippen molar-refractivity contribution in [3.8, 4) is 0 Å². The number of fused-ring (bicyclic) bond motifs is 2. The maximum absolute atomic E-state index is 5.01. The third-order valence-corrected chi connectivity index (χ3v) is 3.19. The number of anilines is 1. The van der Waals surface area contributed by atoms with Crippen molar-refractivity contribution in [3.05, 3.63) is 60.5 Å². The van der Waals surface area contributed by atoms with E-state index in [1.165, 1.54) is 30.5 Å². The van der Waals surface area contributed by atoms with Gasteiger partial charge in [0.15, 0.2) is 12.0 Å². The Morgan fingerprint density at radius 3 is 2.74 bits per heavy atom. The highest BCUT2D eigenvalue weighted by molar-refractivity contribution is 5.71. The third kappa shape index (κ3) is 2.76. The number of hydrogen-bond donors (Lipinski definition) is 1. The predicted octanol–water partition coefficient (Wildman–Crippen LogP) is 3.87.